The van der Waals surface area contributed by atoms with Crippen LogP contribution < -0.4 is 0 Å². The Morgan fingerprint density at radius 3 is 2.14 bits per heavy atom. The highest BCUT2D eigenvalue weighted by Crippen LogP contribution is 2.32. The van der Waals surface area contributed by atoms with Crippen LogP contribution >= 0.6 is 0 Å². The fraction of sp³-hybridized carbons (Fsp3) is 0.875. The maximum atomic E-state index is 11.0. The molecule has 5 nitrogen and oxygen atoms in total. The first-order valence-electron chi connectivity index (χ1n) is 4.38. The molecule has 0 aliphatic rings. The van der Waals surface area contributed by atoms with Crippen LogP contribution in [-0.2, 0) is 10.1 Å². The van der Waals surface area contributed by atoms with Crippen molar-refractivity contribution in [1.29, 1.82) is 0 Å². The molecule has 0 saturated carbocycles. The molecule has 0 aliphatic heterocycles. The van der Waals surface area contributed by atoms with Gasteiger partial charge in [-0.25, -0.2) is 0 Å². The van der Waals surface area contributed by atoms with Crippen molar-refractivity contribution >= 4 is 10.1 Å². The molecule has 0 saturated heterocycles. The van der Waals surface area contributed by atoms with E-state index in [-0.39, 0.29) is 12.3 Å². The fourth-order valence-electron chi connectivity index (χ4n) is 1.19. The summed E-state index contributed by atoms with van der Waals surface area (Å²) >= 11 is 0. The molecule has 14 heavy (non-hydrogen) atoms. The monoisotopic (exact) mass is 225 g/mol. The van der Waals surface area contributed by atoms with Crippen LogP contribution in [0.4, 0.5) is 0 Å². The predicted molar refractivity (Wildman–Crippen MR) is 52.0 cm³/mol. The van der Waals surface area contributed by atoms with Crippen LogP contribution in [-0.4, -0.2) is 34.2 Å². The summed E-state index contributed by atoms with van der Waals surface area (Å²) in [5, 5.41) is 18.9. The molecule has 0 rings (SSSR count). The van der Waals surface area contributed by atoms with E-state index < -0.39 is 21.2 Å². The average molecular weight is 225 g/mol. The van der Waals surface area contributed by atoms with Gasteiger partial charge in [-0.3, -0.25) is 4.55 Å². The molecular formula is C8H17O5S. The first kappa shape index (κ1) is 13.8. The Balaban J connectivity index is 5.11. The normalized spacial score (nSPS) is 19.4. The van der Waals surface area contributed by atoms with Gasteiger partial charge >= 0.3 is 0 Å². The van der Waals surface area contributed by atoms with Crippen LogP contribution in [0, 0.1) is 5.92 Å². The first-order chi connectivity index (χ1) is 6.16. The highest BCUT2D eigenvalue weighted by atomic mass is 32.2. The van der Waals surface area contributed by atoms with Gasteiger partial charge in [0.15, 0.2) is 4.93 Å². The summed E-state index contributed by atoms with van der Waals surface area (Å²) in [6.07, 6.45) is -0.850. The Kier molecular flexibility index (Phi) is 4.51. The van der Waals surface area contributed by atoms with Crippen LogP contribution in [0.15, 0.2) is 0 Å². The highest BCUT2D eigenvalue weighted by molar-refractivity contribution is 7.87. The third kappa shape index (κ3) is 2.66. The van der Waals surface area contributed by atoms with Crippen molar-refractivity contribution in [3.8, 4) is 0 Å². The molecule has 2 atom stereocenters. The van der Waals surface area contributed by atoms with Crippen molar-refractivity contribution in [3.05, 3.63) is 5.92 Å². The SMILES string of the molecule is CCCC(O)([C](C)C(C)O)S(=O)(=O)O. The number of hydrogen-bond donors (Lipinski definition) is 3. The Bertz CT molecular complexity index is 271. The maximum Gasteiger partial charge on any atom is 0.295 e. The summed E-state index contributed by atoms with van der Waals surface area (Å²) in [5.41, 5.74) is 0. The highest BCUT2D eigenvalue weighted by Gasteiger charge is 2.47. The van der Waals surface area contributed by atoms with Crippen LogP contribution in [0.25, 0.3) is 0 Å². The van der Waals surface area contributed by atoms with Crippen LogP contribution in [0.3, 0.4) is 0 Å². The summed E-state index contributed by atoms with van der Waals surface area (Å²) in [7, 11) is -4.61. The number of aliphatic hydroxyl groups is 2. The van der Waals surface area contributed by atoms with Crippen LogP contribution in [0.2, 0.25) is 0 Å². The van der Waals surface area contributed by atoms with E-state index in [9.17, 15) is 18.6 Å². The van der Waals surface area contributed by atoms with Crippen LogP contribution in [0.5, 0.6) is 0 Å². The van der Waals surface area contributed by atoms with Gasteiger partial charge in [0.25, 0.3) is 10.1 Å². The van der Waals surface area contributed by atoms with Crippen molar-refractivity contribution in [2.24, 2.45) is 0 Å². The van der Waals surface area contributed by atoms with E-state index in [1.54, 1.807) is 6.92 Å². The van der Waals surface area contributed by atoms with Gasteiger partial charge in [-0.2, -0.15) is 8.42 Å². The lowest BCUT2D eigenvalue weighted by Crippen LogP contribution is -2.46. The zero-order chi connectivity index (χ0) is 11.6. The molecule has 0 amide bonds. The van der Waals surface area contributed by atoms with Crippen molar-refractivity contribution in [3.63, 3.8) is 0 Å². The lowest BCUT2D eigenvalue weighted by molar-refractivity contribution is 0.0716. The Morgan fingerprint density at radius 2 is 1.93 bits per heavy atom. The zero-order valence-electron chi connectivity index (χ0n) is 8.56. The van der Waals surface area contributed by atoms with Gasteiger partial charge in [0.2, 0.25) is 0 Å². The molecule has 0 spiro atoms. The predicted octanol–water partition coefficient (Wildman–Crippen LogP) is 0.338. The molecule has 1 radical (unpaired) electrons. The average Bonchev–Trinajstić information content (AvgIpc) is 2.01. The van der Waals surface area contributed by atoms with E-state index in [2.05, 4.69) is 0 Å². The fourth-order valence-corrected chi connectivity index (χ4v) is 2.23. The molecule has 0 heterocycles. The Morgan fingerprint density at radius 1 is 1.50 bits per heavy atom. The molecule has 0 aromatic carbocycles. The summed E-state index contributed by atoms with van der Waals surface area (Å²) < 4.78 is 30.8. The number of aliphatic hydroxyl groups excluding tert-OH is 1. The molecule has 2 unspecified atom stereocenters. The van der Waals surface area contributed by atoms with Gasteiger partial charge in [0, 0.05) is 0 Å². The van der Waals surface area contributed by atoms with E-state index in [0.29, 0.717) is 6.42 Å². The van der Waals surface area contributed by atoms with Gasteiger partial charge in [0.05, 0.1) is 12.0 Å². The van der Waals surface area contributed by atoms with Gasteiger partial charge < -0.3 is 10.2 Å². The second kappa shape index (κ2) is 4.57. The van der Waals surface area contributed by atoms with E-state index in [4.69, 9.17) is 4.55 Å². The molecule has 0 fully saturated rings. The number of rotatable bonds is 5. The molecule has 0 aromatic heterocycles. The molecule has 85 valence electrons. The molecule has 0 bridgehead atoms. The zero-order valence-corrected chi connectivity index (χ0v) is 9.37. The minimum Gasteiger partial charge on any atom is -0.393 e. The Hall–Kier alpha value is -0.170. The van der Waals surface area contributed by atoms with Crippen molar-refractivity contribution in [1.82, 2.24) is 0 Å². The lowest BCUT2D eigenvalue weighted by atomic mass is 9.95. The molecule has 6 heteroatoms. The molecule has 0 aliphatic carbocycles. The minimum atomic E-state index is -4.61. The smallest absolute Gasteiger partial charge is 0.295 e. The molecule has 3 N–H and O–H groups in total. The van der Waals surface area contributed by atoms with Crippen molar-refractivity contribution in [2.75, 3.05) is 0 Å². The second-order valence-corrected chi connectivity index (χ2v) is 4.99. The second-order valence-electron chi connectivity index (χ2n) is 3.37. The topological polar surface area (TPSA) is 94.8 Å². The third-order valence-electron chi connectivity index (χ3n) is 2.26. The summed E-state index contributed by atoms with van der Waals surface area (Å²) in [6, 6.07) is 0. The van der Waals surface area contributed by atoms with Crippen molar-refractivity contribution in [2.45, 2.75) is 44.6 Å². The minimum absolute atomic E-state index is 0.0677. The first-order valence-corrected chi connectivity index (χ1v) is 5.82. The van der Waals surface area contributed by atoms with Gasteiger partial charge in [-0.1, -0.05) is 20.3 Å². The van der Waals surface area contributed by atoms with Gasteiger partial charge in [-0.05, 0) is 13.3 Å². The molecular weight excluding hydrogens is 208 g/mol. The maximum absolute atomic E-state index is 11.0. The quantitative estimate of drug-likeness (QED) is 0.586. The van der Waals surface area contributed by atoms with Crippen molar-refractivity contribution < 1.29 is 23.2 Å². The largest absolute Gasteiger partial charge is 0.393 e. The molecule has 0 aromatic rings. The summed E-state index contributed by atoms with van der Waals surface area (Å²) in [6.45, 7) is 4.31. The standard InChI is InChI=1S/C8H17O5S/c1-4-5-8(10,14(11,12)13)6(2)7(3)9/h7,9-10H,4-5H2,1-3H3,(H,11,12,13). The lowest BCUT2D eigenvalue weighted by Gasteiger charge is -2.31. The Labute approximate surface area is 84.5 Å². The number of hydrogen-bond acceptors (Lipinski definition) is 4. The van der Waals surface area contributed by atoms with E-state index in [0.717, 1.165) is 0 Å². The van der Waals surface area contributed by atoms with E-state index >= 15 is 0 Å². The van der Waals surface area contributed by atoms with E-state index in [1.165, 1.54) is 13.8 Å². The van der Waals surface area contributed by atoms with Crippen LogP contribution in [0.1, 0.15) is 33.6 Å². The van der Waals surface area contributed by atoms with E-state index in [1.807, 2.05) is 0 Å². The summed E-state index contributed by atoms with van der Waals surface area (Å²) in [5.74, 6) is -0.0677. The van der Waals surface area contributed by atoms with Gasteiger partial charge in [-0.15, -0.1) is 0 Å². The summed E-state index contributed by atoms with van der Waals surface area (Å²) in [4.78, 5) is -2.34. The van der Waals surface area contributed by atoms with Gasteiger partial charge in [0.1, 0.15) is 0 Å². The third-order valence-corrected chi connectivity index (χ3v) is 3.64.